The largest absolute Gasteiger partial charge is 0.248 e. The minimum atomic E-state index is 0.291. The molecule has 48 valence electrons. The first kappa shape index (κ1) is 6.36. The molecule has 0 fully saturated rings. The van der Waals surface area contributed by atoms with E-state index in [-0.39, 0.29) is 0 Å². The van der Waals surface area contributed by atoms with Gasteiger partial charge >= 0.3 is 0 Å². The number of nitrogens with zero attached hydrogens (tertiary/aromatic N) is 4. The zero-order valence-electron chi connectivity index (χ0n) is 5.15. The molecule has 0 radical (unpaired) electrons. The van der Waals surface area contributed by atoms with Gasteiger partial charge in [-0.25, -0.2) is 15.0 Å². The van der Waals surface area contributed by atoms with Gasteiger partial charge in [0.1, 0.15) is 6.07 Å². The van der Waals surface area contributed by atoms with Crippen molar-refractivity contribution in [1.29, 1.82) is 5.26 Å². The third-order valence-electron chi connectivity index (χ3n) is 0.909. The highest BCUT2D eigenvalue weighted by molar-refractivity contribution is 5.35. The third-order valence-corrected chi connectivity index (χ3v) is 0.909. The Bertz CT molecular complexity index is 269. The molecule has 0 atom stereocenters. The van der Waals surface area contributed by atoms with E-state index < -0.39 is 0 Å². The van der Waals surface area contributed by atoms with E-state index in [0.29, 0.717) is 11.5 Å². The number of hydrogen-bond donors (Lipinski definition) is 0. The summed E-state index contributed by atoms with van der Waals surface area (Å²) in [5.41, 5.74) is 0.424. The smallest absolute Gasteiger partial charge is 0.228 e. The van der Waals surface area contributed by atoms with Crippen LogP contribution in [0.2, 0.25) is 0 Å². The summed E-state index contributed by atoms with van der Waals surface area (Å²) in [6, 6.07) is 1.89. The Morgan fingerprint density at radius 3 is 2.50 bits per heavy atom. The highest BCUT2D eigenvalue weighted by Crippen LogP contribution is 1.99. The van der Waals surface area contributed by atoms with Crippen molar-refractivity contribution in [2.75, 3.05) is 0 Å². The maximum atomic E-state index is 8.32. The highest BCUT2D eigenvalue weighted by Gasteiger charge is 1.90. The van der Waals surface area contributed by atoms with E-state index in [4.69, 9.17) is 5.26 Å². The zero-order valence-corrected chi connectivity index (χ0v) is 5.15. The van der Waals surface area contributed by atoms with Crippen LogP contribution >= 0.6 is 0 Å². The van der Waals surface area contributed by atoms with Crippen LogP contribution in [0.1, 0.15) is 5.56 Å². The summed E-state index contributed by atoms with van der Waals surface area (Å²) < 4.78 is 0. The van der Waals surface area contributed by atoms with Crippen molar-refractivity contribution >= 4 is 12.7 Å². The molecule has 0 aromatic carbocycles. The van der Waals surface area contributed by atoms with Crippen molar-refractivity contribution in [3.05, 3.63) is 18.0 Å². The molecule has 0 saturated carbocycles. The van der Waals surface area contributed by atoms with Gasteiger partial charge in [-0.3, -0.25) is 0 Å². The molecule has 1 aromatic heterocycles. The van der Waals surface area contributed by atoms with Gasteiger partial charge in [0.2, 0.25) is 5.95 Å². The van der Waals surface area contributed by atoms with Crippen LogP contribution in [-0.4, -0.2) is 16.7 Å². The molecule has 0 amide bonds. The summed E-state index contributed by atoms with van der Waals surface area (Å²) in [6.45, 7) is 3.23. The van der Waals surface area contributed by atoms with Crippen LogP contribution in [0, 0.1) is 11.3 Å². The minimum Gasteiger partial charge on any atom is -0.228 e. The monoisotopic (exact) mass is 132 g/mol. The maximum Gasteiger partial charge on any atom is 0.248 e. The van der Waals surface area contributed by atoms with Crippen molar-refractivity contribution in [3.63, 3.8) is 0 Å². The molecule has 1 rings (SSSR count). The molecule has 0 spiro atoms. The average molecular weight is 132 g/mol. The molecule has 0 aliphatic carbocycles. The van der Waals surface area contributed by atoms with Gasteiger partial charge in [-0.1, -0.05) is 0 Å². The third kappa shape index (κ3) is 1.14. The Morgan fingerprint density at radius 2 is 2.10 bits per heavy atom. The molecule has 0 bridgehead atoms. The molecule has 1 aromatic rings. The molecule has 0 aliphatic heterocycles. The van der Waals surface area contributed by atoms with E-state index >= 15 is 0 Å². The zero-order chi connectivity index (χ0) is 7.40. The van der Waals surface area contributed by atoms with Crippen molar-refractivity contribution in [2.24, 2.45) is 4.99 Å². The number of hydrogen-bond acceptors (Lipinski definition) is 4. The average Bonchev–Trinajstić information content (AvgIpc) is 2.05. The summed E-state index contributed by atoms with van der Waals surface area (Å²) in [5.74, 6) is 0.291. The fourth-order valence-electron chi connectivity index (χ4n) is 0.461. The molecule has 0 unspecified atom stereocenters. The van der Waals surface area contributed by atoms with Gasteiger partial charge < -0.3 is 0 Å². The van der Waals surface area contributed by atoms with E-state index in [9.17, 15) is 0 Å². The number of aromatic nitrogens is 2. The lowest BCUT2D eigenvalue weighted by atomic mass is 10.4. The first-order valence-corrected chi connectivity index (χ1v) is 2.55. The van der Waals surface area contributed by atoms with Crippen LogP contribution in [0.5, 0.6) is 0 Å². The van der Waals surface area contributed by atoms with Gasteiger partial charge in [0.25, 0.3) is 0 Å². The predicted molar refractivity (Wildman–Crippen MR) is 36.0 cm³/mol. The van der Waals surface area contributed by atoms with E-state index in [1.807, 2.05) is 6.07 Å². The lowest BCUT2D eigenvalue weighted by Crippen LogP contribution is -1.81. The van der Waals surface area contributed by atoms with Crippen LogP contribution in [0.3, 0.4) is 0 Å². The molecule has 1 heterocycles. The summed E-state index contributed by atoms with van der Waals surface area (Å²) in [4.78, 5) is 10.9. The highest BCUT2D eigenvalue weighted by atomic mass is 15.0. The Labute approximate surface area is 57.9 Å². The summed E-state index contributed by atoms with van der Waals surface area (Å²) >= 11 is 0. The Kier molecular flexibility index (Phi) is 1.71. The second kappa shape index (κ2) is 2.69. The predicted octanol–water partition coefficient (Wildman–Crippen LogP) is 0.680. The van der Waals surface area contributed by atoms with Gasteiger partial charge in [-0.15, -0.1) is 0 Å². The quantitative estimate of drug-likeness (QED) is 0.528. The second-order valence-electron chi connectivity index (χ2n) is 1.54. The number of nitriles is 1. The summed E-state index contributed by atoms with van der Waals surface area (Å²) in [7, 11) is 0. The van der Waals surface area contributed by atoms with Gasteiger partial charge in [0.05, 0.1) is 18.0 Å². The van der Waals surface area contributed by atoms with Crippen molar-refractivity contribution < 1.29 is 0 Å². The van der Waals surface area contributed by atoms with E-state index in [1.54, 1.807) is 0 Å². The Morgan fingerprint density at radius 1 is 1.50 bits per heavy atom. The van der Waals surface area contributed by atoms with Crippen molar-refractivity contribution in [2.45, 2.75) is 0 Å². The Balaban J connectivity index is 3.04. The number of aliphatic imine (C=N–C) groups is 1. The molecule has 10 heavy (non-hydrogen) atoms. The van der Waals surface area contributed by atoms with Crippen molar-refractivity contribution in [1.82, 2.24) is 9.97 Å². The van der Waals surface area contributed by atoms with Crippen LogP contribution in [-0.2, 0) is 0 Å². The van der Waals surface area contributed by atoms with Crippen LogP contribution in [0.15, 0.2) is 17.4 Å². The fourth-order valence-corrected chi connectivity index (χ4v) is 0.461. The standard InChI is InChI=1S/C6H4N4/c1-8-6-9-3-5(2-7)4-10-6/h3-4H,1H2. The maximum absolute atomic E-state index is 8.32. The van der Waals surface area contributed by atoms with Crippen LogP contribution in [0.4, 0.5) is 5.95 Å². The SMILES string of the molecule is C=Nc1ncc(C#N)cn1. The fraction of sp³-hybridized carbons (Fsp3) is 0. The molecule has 0 N–H and O–H groups in total. The van der Waals surface area contributed by atoms with Crippen LogP contribution in [0.25, 0.3) is 0 Å². The van der Waals surface area contributed by atoms with Gasteiger partial charge in [-0.05, 0) is 6.72 Å². The minimum absolute atomic E-state index is 0.291. The normalized spacial score (nSPS) is 8.30. The van der Waals surface area contributed by atoms with E-state index in [0.717, 1.165) is 0 Å². The topological polar surface area (TPSA) is 61.9 Å². The second-order valence-corrected chi connectivity index (χ2v) is 1.54. The molecule has 4 heteroatoms. The summed E-state index contributed by atoms with van der Waals surface area (Å²) in [6.07, 6.45) is 2.80. The number of rotatable bonds is 1. The molecular formula is C6H4N4. The van der Waals surface area contributed by atoms with E-state index in [1.165, 1.54) is 12.4 Å². The van der Waals surface area contributed by atoms with Gasteiger partial charge in [0, 0.05) is 0 Å². The molecular weight excluding hydrogens is 128 g/mol. The molecule has 0 saturated heterocycles. The van der Waals surface area contributed by atoms with E-state index in [2.05, 4.69) is 21.7 Å². The van der Waals surface area contributed by atoms with Crippen molar-refractivity contribution in [3.8, 4) is 6.07 Å². The summed E-state index contributed by atoms with van der Waals surface area (Å²) in [5, 5.41) is 8.32. The van der Waals surface area contributed by atoms with Gasteiger partial charge in [-0.2, -0.15) is 5.26 Å². The first-order valence-electron chi connectivity index (χ1n) is 2.55. The molecule has 4 nitrogen and oxygen atoms in total. The Hall–Kier alpha value is -1.76. The molecule has 0 aliphatic rings. The first-order chi connectivity index (χ1) is 4.86. The van der Waals surface area contributed by atoms with Gasteiger partial charge in [0.15, 0.2) is 0 Å². The lowest BCUT2D eigenvalue weighted by Gasteiger charge is -1.87. The lowest BCUT2D eigenvalue weighted by molar-refractivity contribution is 1.13. The van der Waals surface area contributed by atoms with Crippen LogP contribution < -0.4 is 0 Å².